The highest BCUT2D eigenvalue weighted by molar-refractivity contribution is 5.83. The summed E-state index contributed by atoms with van der Waals surface area (Å²) in [5, 5.41) is 0. The second kappa shape index (κ2) is 5.70. The van der Waals surface area contributed by atoms with Gasteiger partial charge >= 0.3 is 0 Å². The summed E-state index contributed by atoms with van der Waals surface area (Å²) in [5.74, 6) is 0. The molecule has 1 radical (unpaired) electrons. The molecule has 1 heterocycles. The van der Waals surface area contributed by atoms with Crippen LogP contribution in [0.2, 0.25) is 0 Å². The van der Waals surface area contributed by atoms with Crippen LogP contribution in [-0.2, 0) is 6.42 Å². The molecule has 3 rings (SSSR count). The molecule has 0 bridgehead atoms. The molecule has 2 aromatic carbocycles. The third-order valence-electron chi connectivity index (χ3n) is 3.42. The molecule has 3 aromatic rings. The van der Waals surface area contributed by atoms with Crippen LogP contribution in [0.5, 0.6) is 0 Å². The van der Waals surface area contributed by atoms with Crippen LogP contribution in [0.3, 0.4) is 0 Å². The van der Waals surface area contributed by atoms with E-state index in [-0.39, 0.29) is 0 Å². The molecule has 0 saturated carbocycles. The van der Waals surface area contributed by atoms with E-state index in [9.17, 15) is 0 Å². The third kappa shape index (κ3) is 2.35. The Kier molecular flexibility index (Phi) is 3.60. The van der Waals surface area contributed by atoms with E-state index in [2.05, 4.69) is 54.4 Å². The van der Waals surface area contributed by atoms with Crippen molar-refractivity contribution in [2.45, 2.75) is 6.42 Å². The molecular weight excluding hydrogens is 242 g/mol. The van der Waals surface area contributed by atoms with Crippen molar-refractivity contribution in [3.63, 3.8) is 0 Å². The molecule has 0 unspecified atom stereocenters. The van der Waals surface area contributed by atoms with Crippen molar-refractivity contribution >= 4 is 0 Å². The number of hydrogen-bond acceptors (Lipinski definition) is 1. The Morgan fingerprint density at radius 1 is 0.750 bits per heavy atom. The molecule has 0 N–H and O–H groups in total. The van der Waals surface area contributed by atoms with Gasteiger partial charge in [0, 0.05) is 17.3 Å². The standard InChI is InChI=1S/C19H16N/c1-2-15-13-14-20-19(17-11-7-4-8-12-17)18(15)16-9-5-3-6-10-16/h3-14H,1-2H2. The molecule has 1 nitrogen and oxygen atoms in total. The van der Waals surface area contributed by atoms with E-state index in [4.69, 9.17) is 0 Å². The first kappa shape index (κ1) is 12.6. The predicted molar refractivity (Wildman–Crippen MR) is 84.2 cm³/mol. The van der Waals surface area contributed by atoms with Gasteiger partial charge in [-0.1, -0.05) is 60.7 Å². The lowest BCUT2D eigenvalue weighted by Gasteiger charge is -2.13. The lowest BCUT2D eigenvalue weighted by molar-refractivity contribution is 1.22. The second-order valence-electron chi connectivity index (χ2n) is 4.68. The number of nitrogens with zero attached hydrogens (tertiary/aromatic N) is 1. The fraction of sp³-hybridized carbons (Fsp3) is 0.0526. The Labute approximate surface area is 119 Å². The van der Waals surface area contributed by atoms with Crippen LogP contribution >= 0.6 is 0 Å². The van der Waals surface area contributed by atoms with E-state index in [1.165, 1.54) is 16.7 Å². The molecular formula is C19H16N. The maximum atomic E-state index is 4.61. The quantitative estimate of drug-likeness (QED) is 0.658. The Morgan fingerprint density at radius 2 is 1.35 bits per heavy atom. The largest absolute Gasteiger partial charge is 0.256 e. The predicted octanol–water partition coefficient (Wildman–Crippen LogP) is 4.79. The van der Waals surface area contributed by atoms with Gasteiger partial charge in [-0.15, -0.1) is 0 Å². The zero-order chi connectivity index (χ0) is 13.8. The van der Waals surface area contributed by atoms with Gasteiger partial charge in [0.2, 0.25) is 0 Å². The fourth-order valence-electron chi connectivity index (χ4n) is 2.45. The van der Waals surface area contributed by atoms with Gasteiger partial charge in [-0.2, -0.15) is 0 Å². The Bertz CT molecular complexity index is 687. The number of benzene rings is 2. The summed E-state index contributed by atoms with van der Waals surface area (Å²) in [4.78, 5) is 4.61. The zero-order valence-corrected chi connectivity index (χ0v) is 11.3. The lowest BCUT2D eigenvalue weighted by atomic mass is 9.94. The number of aromatic nitrogens is 1. The van der Waals surface area contributed by atoms with E-state index in [1.54, 1.807) is 0 Å². The van der Waals surface area contributed by atoms with Gasteiger partial charge in [0.1, 0.15) is 0 Å². The van der Waals surface area contributed by atoms with Crippen molar-refractivity contribution < 1.29 is 0 Å². The summed E-state index contributed by atoms with van der Waals surface area (Å²) in [5.41, 5.74) is 5.78. The maximum absolute atomic E-state index is 4.61. The topological polar surface area (TPSA) is 12.9 Å². The molecule has 0 fully saturated rings. The van der Waals surface area contributed by atoms with E-state index in [0.29, 0.717) is 0 Å². The number of rotatable bonds is 3. The molecule has 0 amide bonds. The zero-order valence-electron chi connectivity index (χ0n) is 11.3. The minimum atomic E-state index is 0.757. The van der Waals surface area contributed by atoms with Crippen LogP contribution in [0.4, 0.5) is 0 Å². The van der Waals surface area contributed by atoms with Crippen molar-refractivity contribution in [3.05, 3.63) is 85.4 Å². The minimum absolute atomic E-state index is 0.757. The molecule has 0 saturated heterocycles. The van der Waals surface area contributed by atoms with Crippen LogP contribution in [0.15, 0.2) is 72.9 Å². The highest BCUT2D eigenvalue weighted by Crippen LogP contribution is 2.33. The first-order valence-corrected chi connectivity index (χ1v) is 6.78. The van der Waals surface area contributed by atoms with Crippen molar-refractivity contribution in [3.8, 4) is 22.4 Å². The van der Waals surface area contributed by atoms with Crippen molar-refractivity contribution in [1.82, 2.24) is 4.98 Å². The normalized spacial score (nSPS) is 10.4. The number of hydrogen-bond donors (Lipinski definition) is 0. The van der Waals surface area contributed by atoms with E-state index in [1.807, 2.05) is 30.5 Å². The van der Waals surface area contributed by atoms with Gasteiger partial charge < -0.3 is 0 Å². The van der Waals surface area contributed by atoms with Crippen molar-refractivity contribution in [2.75, 3.05) is 0 Å². The molecule has 0 aliphatic rings. The van der Waals surface area contributed by atoms with Crippen LogP contribution in [0.25, 0.3) is 22.4 Å². The van der Waals surface area contributed by atoms with E-state index < -0.39 is 0 Å². The lowest BCUT2D eigenvalue weighted by Crippen LogP contribution is -1.95. The molecule has 0 atom stereocenters. The van der Waals surface area contributed by atoms with Crippen LogP contribution in [0.1, 0.15) is 5.56 Å². The molecule has 0 aliphatic carbocycles. The fourth-order valence-corrected chi connectivity index (χ4v) is 2.45. The molecule has 1 aromatic heterocycles. The first-order chi connectivity index (χ1) is 9.90. The highest BCUT2D eigenvalue weighted by Gasteiger charge is 2.12. The van der Waals surface area contributed by atoms with Crippen LogP contribution < -0.4 is 0 Å². The maximum Gasteiger partial charge on any atom is 0.0783 e. The van der Waals surface area contributed by atoms with Crippen molar-refractivity contribution in [1.29, 1.82) is 0 Å². The molecule has 97 valence electrons. The SMILES string of the molecule is [CH2]Cc1ccnc(-c2ccccc2)c1-c1ccccc1. The van der Waals surface area contributed by atoms with Gasteiger partial charge in [-0.05, 0) is 30.5 Å². The molecule has 0 aliphatic heterocycles. The summed E-state index contributed by atoms with van der Waals surface area (Å²) >= 11 is 0. The molecule has 1 heteroatoms. The van der Waals surface area contributed by atoms with Gasteiger partial charge in [-0.3, -0.25) is 4.98 Å². The second-order valence-corrected chi connectivity index (χ2v) is 4.68. The van der Waals surface area contributed by atoms with Crippen LogP contribution in [0, 0.1) is 6.92 Å². The van der Waals surface area contributed by atoms with Gasteiger partial charge in [-0.25, -0.2) is 0 Å². The van der Waals surface area contributed by atoms with Crippen molar-refractivity contribution in [2.24, 2.45) is 0 Å². The Balaban J connectivity index is 2.26. The van der Waals surface area contributed by atoms with Gasteiger partial charge in [0.25, 0.3) is 0 Å². The summed E-state index contributed by atoms with van der Waals surface area (Å²) in [7, 11) is 0. The molecule has 0 spiro atoms. The van der Waals surface area contributed by atoms with Gasteiger partial charge in [0.05, 0.1) is 5.69 Å². The average molecular weight is 258 g/mol. The van der Waals surface area contributed by atoms with E-state index >= 15 is 0 Å². The van der Waals surface area contributed by atoms with Crippen LogP contribution in [-0.4, -0.2) is 4.98 Å². The summed E-state index contributed by atoms with van der Waals surface area (Å²) in [6.07, 6.45) is 2.63. The minimum Gasteiger partial charge on any atom is -0.256 e. The Hall–Kier alpha value is -2.41. The van der Waals surface area contributed by atoms with Gasteiger partial charge in [0.15, 0.2) is 0 Å². The molecule has 20 heavy (non-hydrogen) atoms. The summed E-state index contributed by atoms with van der Waals surface area (Å²) in [6.45, 7) is 4.05. The number of pyridine rings is 1. The average Bonchev–Trinajstić information content (AvgIpc) is 2.55. The summed E-state index contributed by atoms with van der Waals surface area (Å²) in [6, 6.07) is 22.8. The summed E-state index contributed by atoms with van der Waals surface area (Å²) < 4.78 is 0. The smallest absolute Gasteiger partial charge is 0.0783 e. The first-order valence-electron chi connectivity index (χ1n) is 6.78. The Morgan fingerprint density at radius 3 is 1.95 bits per heavy atom. The van der Waals surface area contributed by atoms with E-state index in [0.717, 1.165) is 17.7 Å². The highest BCUT2D eigenvalue weighted by atomic mass is 14.7. The monoisotopic (exact) mass is 258 g/mol. The third-order valence-corrected chi connectivity index (χ3v) is 3.42.